The summed E-state index contributed by atoms with van der Waals surface area (Å²) >= 11 is 5.70. The molecule has 1 aliphatic rings. The number of ether oxygens (including phenoxy) is 1. The molecule has 0 spiro atoms. The van der Waals surface area contributed by atoms with E-state index in [9.17, 15) is 13.2 Å². The third-order valence-electron chi connectivity index (χ3n) is 4.12. The van der Waals surface area contributed by atoms with Gasteiger partial charge in [-0.15, -0.1) is 0 Å². The van der Waals surface area contributed by atoms with Gasteiger partial charge < -0.3 is 15.8 Å². The van der Waals surface area contributed by atoms with Crippen LogP contribution in [0.4, 0.5) is 24.7 Å². The maximum absolute atomic E-state index is 12.8. The summed E-state index contributed by atoms with van der Waals surface area (Å²) in [6.45, 7) is 2.98. The topological polar surface area (TPSA) is 76.3 Å². The van der Waals surface area contributed by atoms with Crippen molar-refractivity contribution < 1.29 is 17.9 Å². The number of hydrogen-bond donors (Lipinski definition) is 2. The Morgan fingerprint density at radius 2 is 2.00 bits per heavy atom. The van der Waals surface area contributed by atoms with Crippen molar-refractivity contribution in [3.8, 4) is 0 Å². The number of benzene rings is 1. The fraction of sp³-hybridized carbons (Fsp3) is 0.412. The van der Waals surface area contributed by atoms with Crippen molar-refractivity contribution in [1.82, 2.24) is 14.9 Å². The van der Waals surface area contributed by atoms with Crippen molar-refractivity contribution in [3.63, 3.8) is 0 Å². The van der Waals surface area contributed by atoms with Crippen molar-refractivity contribution in [3.05, 3.63) is 46.9 Å². The van der Waals surface area contributed by atoms with Crippen LogP contribution in [0.5, 0.6) is 0 Å². The molecule has 0 bridgehead atoms. The van der Waals surface area contributed by atoms with Crippen molar-refractivity contribution >= 4 is 23.1 Å². The van der Waals surface area contributed by atoms with Crippen LogP contribution in [0, 0.1) is 0 Å². The normalized spacial score (nSPS) is 18.4. The van der Waals surface area contributed by atoms with Gasteiger partial charge in [0.2, 0.25) is 5.82 Å². The molecular formula is C17H19ClF3N5O. The molecule has 0 aliphatic carbocycles. The number of halogens is 4. The van der Waals surface area contributed by atoms with Crippen molar-refractivity contribution in [2.24, 2.45) is 0 Å². The molecule has 1 fully saturated rings. The van der Waals surface area contributed by atoms with Gasteiger partial charge in [0.05, 0.1) is 12.7 Å². The van der Waals surface area contributed by atoms with Crippen LogP contribution in [0.15, 0.2) is 30.3 Å². The molecule has 6 nitrogen and oxygen atoms in total. The maximum atomic E-state index is 12.8. The number of aromatic nitrogens is 2. The van der Waals surface area contributed by atoms with Gasteiger partial charge in [-0.2, -0.15) is 13.2 Å². The van der Waals surface area contributed by atoms with Gasteiger partial charge in [0, 0.05) is 26.2 Å². The fourth-order valence-electron chi connectivity index (χ4n) is 2.80. The molecule has 1 unspecified atom stereocenters. The molecule has 1 aliphatic heterocycles. The Kier molecular flexibility index (Phi) is 6.03. The Morgan fingerprint density at radius 3 is 2.70 bits per heavy atom. The number of nitrogen functional groups attached to an aromatic ring is 1. The van der Waals surface area contributed by atoms with Crippen LogP contribution in [-0.4, -0.2) is 47.2 Å². The first-order valence-electron chi connectivity index (χ1n) is 8.35. The Balaban J connectivity index is 1.62. The molecule has 2 heterocycles. The molecule has 3 N–H and O–H groups in total. The second-order valence-corrected chi connectivity index (χ2v) is 6.55. The summed E-state index contributed by atoms with van der Waals surface area (Å²) in [5.74, 6) is -1.48. The van der Waals surface area contributed by atoms with Gasteiger partial charge >= 0.3 is 6.18 Å². The van der Waals surface area contributed by atoms with E-state index in [1.54, 1.807) is 0 Å². The Morgan fingerprint density at radius 1 is 1.26 bits per heavy atom. The SMILES string of the molecule is Nc1c(Cl)nc(C(F)(F)F)nc1NCC1CN(Cc2ccccc2)CCO1. The van der Waals surface area contributed by atoms with E-state index in [0.29, 0.717) is 13.2 Å². The van der Waals surface area contributed by atoms with E-state index in [1.165, 1.54) is 5.56 Å². The zero-order valence-corrected chi connectivity index (χ0v) is 15.1. The molecule has 3 rings (SSSR count). The molecule has 1 atom stereocenters. The highest BCUT2D eigenvalue weighted by Crippen LogP contribution is 2.32. The number of nitrogens with zero attached hydrogens (tertiary/aromatic N) is 3. The second kappa shape index (κ2) is 8.28. The standard InChI is InChI=1S/C17H19ClF3N5O/c18-14-13(22)15(25-16(24-14)17(19,20)21)23-8-12-10-26(6-7-27-12)9-11-4-2-1-3-5-11/h1-5,12H,6-10,22H2,(H,23,24,25). The number of nitrogens with two attached hydrogens (primary N) is 1. The van der Waals surface area contributed by atoms with E-state index in [1.807, 2.05) is 30.3 Å². The highest BCUT2D eigenvalue weighted by Gasteiger charge is 2.36. The summed E-state index contributed by atoms with van der Waals surface area (Å²) in [7, 11) is 0. The number of rotatable bonds is 5. The van der Waals surface area contributed by atoms with Gasteiger partial charge in [-0.1, -0.05) is 41.9 Å². The maximum Gasteiger partial charge on any atom is 0.451 e. The minimum absolute atomic E-state index is 0.124. The molecule has 1 aromatic carbocycles. The van der Waals surface area contributed by atoms with Gasteiger partial charge in [0.1, 0.15) is 5.69 Å². The van der Waals surface area contributed by atoms with E-state index in [0.717, 1.165) is 13.1 Å². The first-order valence-corrected chi connectivity index (χ1v) is 8.72. The van der Waals surface area contributed by atoms with Crippen LogP contribution in [0.1, 0.15) is 11.4 Å². The Labute approximate surface area is 159 Å². The smallest absolute Gasteiger partial charge is 0.393 e. The lowest BCUT2D eigenvalue weighted by Gasteiger charge is -2.33. The zero-order valence-electron chi connectivity index (χ0n) is 14.3. The van der Waals surface area contributed by atoms with Crippen LogP contribution in [0.2, 0.25) is 5.15 Å². The van der Waals surface area contributed by atoms with Crippen LogP contribution in [0.25, 0.3) is 0 Å². The Hall–Kier alpha value is -2.10. The summed E-state index contributed by atoms with van der Waals surface area (Å²) in [6.07, 6.45) is -4.92. The first-order chi connectivity index (χ1) is 12.8. The lowest BCUT2D eigenvalue weighted by Crippen LogP contribution is -2.44. The summed E-state index contributed by atoms with van der Waals surface area (Å²) in [4.78, 5) is 8.86. The van der Waals surface area contributed by atoms with Crippen LogP contribution in [0.3, 0.4) is 0 Å². The molecule has 146 valence electrons. The van der Waals surface area contributed by atoms with Crippen LogP contribution in [-0.2, 0) is 17.5 Å². The number of nitrogens with one attached hydrogen (secondary N) is 1. The van der Waals surface area contributed by atoms with E-state index in [4.69, 9.17) is 22.1 Å². The largest absolute Gasteiger partial charge is 0.451 e. The zero-order chi connectivity index (χ0) is 19.4. The number of hydrogen-bond acceptors (Lipinski definition) is 6. The average molecular weight is 402 g/mol. The van der Waals surface area contributed by atoms with Gasteiger partial charge in [0.15, 0.2) is 11.0 Å². The predicted molar refractivity (Wildman–Crippen MR) is 96.4 cm³/mol. The van der Waals surface area contributed by atoms with Gasteiger partial charge in [0.25, 0.3) is 0 Å². The molecule has 10 heteroatoms. The monoisotopic (exact) mass is 401 g/mol. The molecule has 0 radical (unpaired) electrons. The number of alkyl halides is 3. The summed E-state index contributed by atoms with van der Waals surface area (Å²) < 4.78 is 44.2. The minimum Gasteiger partial charge on any atom is -0.393 e. The van der Waals surface area contributed by atoms with E-state index in [-0.39, 0.29) is 24.2 Å². The summed E-state index contributed by atoms with van der Waals surface area (Å²) in [6, 6.07) is 10.0. The third kappa shape index (κ3) is 5.21. The highest BCUT2D eigenvalue weighted by molar-refractivity contribution is 6.32. The lowest BCUT2D eigenvalue weighted by molar-refractivity contribution is -0.144. The average Bonchev–Trinajstić information content (AvgIpc) is 2.63. The number of anilines is 2. The van der Waals surface area contributed by atoms with Gasteiger partial charge in [-0.25, -0.2) is 9.97 Å². The molecule has 1 aromatic heterocycles. The molecule has 2 aromatic rings. The van der Waals surface area contributed by atoms with Crippen LogP contribution < -0.4 is 11.1 Å². The molecular weight excluding hydrogens is 383 g/mol. The van der Waals surface area contributed by atoms with Crippen molar-refractivity contribution in [2.45, 2.75) is 18.8 Å². The van der Waals surface area contributed by atoms with Gasteiger partial charge in [-0.3, -0.25) is 4.90 Å². The summed E-state index contributed by atoms with van der Waals surface area (Å²) in [5, 5.41) is 2.37. The molecule has 27 heavy (non-hydrogen) atoms. The minimum atomic E-state index is -4.71. The van der Waals surface area contributed by atoms with Crippen molar-refractivity contribution in [2.75, 3.05) is 37.3 Å². The summed E-state index contributed by atoms with van der Waals surface area (Å²) in [5.41, 5.74) is 6.77. The molecule has 1 saturated heterocycles. The molecule has 0 amide bonds. The second-order valence-electron chi connectivity index (χ2n) is 6.19. The fourth-order valence-corrected chi connectivity index (χ4v) is 2.97. The lowest BCUT2D eigenvalue weighted by atomic mass is 10.2. The van der Waals surface area contributed by atoms with E-state index < -0.39 is 17.2 Å². The first kappa shape index (κ1) is 19.7. The predicted octanol–water partition coefficient (Wildman–Crippen LogP) is 3.04. The van der Waals surface area contributed by atoms with Crippen LogP contribution >= 0.6 is 11.6 Å². The van der Waals surface area contributed by atoms with Gasteiger partial charge in [-0.05, 0) is 5.56 Å². The highest BCUT2D eigenvalue weighted by atomic mass is 35.5. The number of morpholine rings is 1. The quantitative estimate of drug-likeness (QED) is 0.750. The third-order valence-corrected chi connectivity index (χ3v) is 4.41. The van der Waals surface area contributed by atoms with Crippen molar-refractivity contribution in [1.29, 1.82) is 0 Å². The van der Waals surface area contributed by atoms with E-state index in [2.05, 4.69) is 20.2 Å². The Bertz CT molecular complexity index is 775. The van der Waals surface area contributed by atoms with E-state index >= 15 is 0 Å². The molecule has 0 saturated carbocycles.